The van der Waals surface area contributed by atoms with Crippen molar-refractivity contribution in [2.45, 2.75) is 97.2 Å². The molecule has 0 radical (unpaired) electrons. The molecule has 1 fully saturated rings. The maximum absolute atomic E-state index is 6.53. The standard InChI is InChI=1S/C18H35IO/c1-5-6-7-8-9-16(4)20-18(14-19)12-10-17(11-13-18)15(2)3/h15-17H,5-14H2,1-4H3. The highest BCUT2D eigenvalue weighted by atomic mass is 127. The highest BCUT2D eigenvalue weighted by Crippen LogP contribution is 2.40. The Balaban J connectivity index is 2.35. The molecule has 1 saturated carbocycles. The summed E-state index contributed by atoms with van der Waals surface area (Å²) in [6.45, 7) is 9.31. The summed E-state index contributed by atoms with van der Waals surface area (Å²) in [5, 5.41) is 0. The average Bonchev–Trinajstić information content (AvgIpc) is 2.44. The molecule has 0 N–H and O–H groups in total. The van der Waals surface area contributed by atoms with Gasteiger partial charge in [0.15, 0.2) is 0 Å². The van der Waals surface area contributed by atoms with Crippen LogP contribution in [0.2, 0.25) is 0 Å². The smallest absolute Gasteiger partial charge is 0.0775 e. The molecule has 0 aromatic rings. The van der Waals surface area contributed by atoms with Gasteiger partial charge >= 0.3 is 0 Å². The van der Waals surface area contributed by atoms with Crippen LogP contribution in [0.3, 0.4) is 0 Å². The molecular weight excluding hydrogens is 359 g/mol. The van der Waals surface area contributed by atoms with Gasteiger partial charge in [0.05, 0.1) is 11.7 Å². The van der Waals surface area contributed by atoms with Gasteiger partial charge in [0.25, 0.3) is 0 Å². The van der Waals surface area contributed by atoms with E-state index < -0.39 is 0 Å². The van der Waals surface area contributed by atoms with E-state index in [9.17, 15) is 0 Å². The Morgan fingerprint density at radius 2 is 1.75 bits per heavy atom. The minimum absolute atomic E-state index is 0.191. The van der Waals surface area contributed by atoms with Crippen LogP contribution in [0.1, 0.15) is 85.5 Å². The number of hydrogen-bond donors (Lipinski definition) is 0. The lowest BCUT2D eigenvalue weighted by Gasteiger charge is -2.42. The molecule has 0 heterocycles. The number of alkyl halides is 1. The van der Waals surface area contributed by atoms with Gasteiger partial charge in [-0.2, -0.15) is 0 Å². The second-order valence-corrected chi connectivity index (χ2v) is 7.94. The van der Waals surface area contributed by atoms with E-state index in [4.69, 9.17) is 4.74 Å². The van der Waals surface area contributed by atoms with E-state index >= 15 is 0 Å². The zero-order chi connectivity index (χ0) is 15.0. The molecular formula is C18H35IO. The van der Waals surface area contributed by atoms with Crippen molar-refractivity contribution < 1.29 is 4.74 Å². The van der Waals surface area contributed by atoms with Crippen LogP contribution < -0.4 is 0 Å². The maximum atomic E-state index is 6.53. The van der Waals surface area contributed by atoms with E-state index in [1.165, 1.54) is 57.8 Å². The van der Waals surface area contributed by atoms with Crippen LogP contribution in [0.5, 0.6) is 0 Å². The molecule has 0 aromatic heterocycles. The van der Waals surface area contributed by atoms with Crippen LogP contribution in [0.15, 0.2) is 0 Å². The first-order valence-corrected chi connectivity index (χ1v) is 10.3. The van der Waals surface area contributed by atoms with Gasteiger partial charge in [0.2, 0.25) is 0 Å². The molecule has 1 nitrogen and oxygen atoms in total. The summed E-state index contributed by atoms with van der Waals surface area (Å²) in [4.78, 5) is 0. The number of unbranched alkanes of at least 4 members (excludes halogenated alkanes) is 3. The fourth-order valence-corrected chi connectivity index (χ4v) is 4.40. The van der Waals surface area contributed by atoms with Gasteiger partial charge in [-0.15, -0.1) is 0 Å². The molecule has 0 aromatic carbocycles. The monoisotopic (exact) mass is 394 g/mol. The molecule has 0 spiro atoms. The van der Waals surface area contributed by atoms with Crippen LogP contribution in [0.4, 0.5) is 0 Å². The van der Waals surface area contributed by atoms with E-state index in [0.717, 1.165) is 16.3 Å². The van der Waals surface area contributed by atoms with Gasteiger partial charge < -0.3 is 4.74 Å². The van der Waals surface area contributed by atoms with Crippen LogP contribution in [-0.2, 0) is 4.74 Å². The summed E-state index contributed by atoms with van der Waals surface area (Å²) in [6, 6.07) is 0. The lowest BCUT2D eigenvalue weighted by atomic mass is 9.75. The van der Waals surface area contributed by atoms with Crippen molar-refractivity contribution in [3.05, 3.63) is 0 Å². The van der Waals surface area contributed by atoms with Crippen molar-refractivity contribution in [1.82, 2.24) is 0 Å². The fourth-order valence-electron chi connectivity index (χ4n) is 3.46. The maximum Gasteiger partial charge on any atom is 0.0775 e. The Bertz CT molecular complexity index is 244. The summed E-state index contributed by atoms with van der Waals surface area (Å²) in [7, 11) is 0. The average molecular weight is 394 g/mol. The van der Waals surface area contributed by atoms with Gasteiger partial charge in [-0.1, -0.05) is 69.0 Å². The summed E-state index contributed by atoms with van der Waals surface area (Å²) in [5.74, 6) is 1.77. The lowest BCUT2D eigenvalue weighted by Crippen LogP contribution is -2.42. The Morgan fingerprint density at radius 1 is 1.10 bits per heavy atom. The third-order valence-electron chi connectivity index (χ3n) is 5.04. The first-order chi connectivity index (χ1) is 9.53. The number of halogens is 1. The predicted molar refractivity (Wildman–Crippen MR) is 97.7 cm³/mol. The normalized spacial score (nSPS) is 28.8. The minimum atomic E-state index is 0.191. The van der Waals surface area contributed by atoms with Crippen LogP contribution in [-0.4, -0.2) is 16.1 Å². The third-order valence-corrected chi connectivity index (χ3v) is 6.43. The van der Waals surface area contributed by atoms with E-state index in [2.05, 4.69) is 50.3 Å². The molecule has 1 aliphatic rings. The largest absolute Gasteiger partial charge is 0.371 e. The van der Waals surface area contributed by atoms with Crippen LogP contribution in [0.25, 0.3) is 0 Å². The van der Waals surface area contributed by atoms with Crippen molar-refractivity contribution in [1.29, 1.82) is 0 Å². The predicted octanol–water partition coefficient (Wildman–Crippen LogP) is 6.38. The molecule has 1 atom stereocenters. The van der Waals surface area contributed by atoms with Gasteiger partial charge in [0.1, 0.15) is 0 Å². The quantitative estimate of drug-likeness (QED) is 0.250. The van der Waals surface area contributed by atoms with Gasteiger partial charge in [-0.25, -0.2) is 0 Å². The second kappa shape index (κ2) is 9.66. The first-order valence-electron chi connectivity index (χ1n) is 8.76. The molecule has 2 heteroatoms. The van der Waals surface area contributed by atoms with E-state index in [1.54, 1.807) is 0 Å². The van der Waals surface area contributed by atoms with Crippen molar-refractivity contribution in [3.63, 3.8) is 0 Å². The SMILES string of the molecule is CCCCCCC(C)OC1(CI)CCC(C(C)C)CC1. The highest BCUT2D eigenvalue weighted by Gasteiger charge is 2.37. The topological polar surface area (TPSA) is 9.23 Å². The molecule has 0 aliphatic heterocycles. The van der Waals surface area contributed by atoms with Gasteiger partial charge in [-0.3, -0.25) is 0 Å². The highest BCUT2D eigenvalue weighted by molar-refractivity contribution is 14.1. The zero-order valence-corrected chi connectivity index (χ0v) is 16.2. The number of hydrogen-bond acceptors (Lipinski definition) is 1. The second-order valence-electron chi connectivity index (χ2n) is 7.18. The fraction of sp³-hybridized carbons (Fsp3) is 1.00. The number of ether oxygens (including phenoxy) is 1. The molecule has 20 heavy (non-hydrogen) atoms. The van der Waals surface area contributed by atoms with Gasteiger partial charge in [0, 0.05) is 4.43 Å². The Kier molecular flexibility index (Phi) is 9.05. The lowest BCUT2D eigenvalue weighted by molar-refractivity contribution is -0.101. The summed E-state index contributed by atoms with van der Waals surface area (Å²) >= 11 is 2.54. The summed E-state index contributed by atoms with van der Waals surface area (Å²) in [5.41, 5.74) is 0.191. The van der Waals surface area contributed by atoms with Crippen molar-refractivity contribution >= 4 is 22.6 Å². The van der Waals surface area contributed by atoms with Crippen LogP contribution >= 0.6 is 22.6 Å². The molecule has 0 saturated heterocycles. The summed E-state index contributed by atoms with van der Waals surface area (Å²) < 4.78 is 7.69. The first kappa shape index (κ1) is 18.7. The molecule has 0 amide bonds. The Hall–Kier alpha value is 0.690. The van der Waals surface area contributed by atoms with E-state index in [1.807, 2.05) is 0 Å². The minimum Gasteiger partial charge on any atom is -0.371 e. The molecule has 120 valence electrons. The van der Waals surface area contributed by atoms with E-state index in [-0.39, 0.29) is 5.60 Å². The van der Waals surface area contributed by atoms with E-state index in [0.29, 0.717) is 6.10 Å². The van der Waals surface area contributed by atoms with Gasteiger partial charge in [-0.05, 0) is 50.9 Å². The molecule has 1 rings (SSSR count). The van der Waals surface area contributed by atoms with Crippen molar-refractivity contribution in [2.24, 2.45) is 11.8 Å². The molecule has 0 bridgehead atoms. The summed E-state index contributed by atoms with van der Waals surface area (Å²) in [6.07, 6.45) is 12.4. The molecule has 1 aliphatic carbocycles. The Labute approximate surface area is 140 Å². The van der Waals surface area contributed by atoms with Crippen LogP contribution in [0, 0.1) is 11.8 Å². The zero-order valence-electron chi connectivity index (χ0n) is 14.1. The Morgan fingerprint density at radius 3 is 2.25 bits per heavy atom. The van der Waals surface area contributed by atoms with Crippen molar-refractivity contribution in [2.75, 3.05) is 4.43 Å². The molecule has 1 unspecified atom stereocenters. The number of rotatable bonds is 9. The van der Waals surface area contributed by atoms with Crippen molar-refractivity contribution in [3.8, 4) is 0 Å². The third kappa shape index (κ3) is 6.21.